The van der Waals surface area contributed by atoms with Crippen molar-refractivity contribution in [1.82, 2.24) is 0 Å². The molecular formula is C14H6Cl8O. The van der Waals surface area contributed by atoms with Crippen LogP contribution < -0.4 is 0 Å². The number of rotatable bonds is 4. The second kappa shape index (κ2) is 8.40. The van der Waals surface area contributed by atoms with Crippen LogP contribution in [-0.2, 0) is 18.0 Å². The van der Waals surface area contributed by atoms with Gasteiger partial charge in [0.1, 0.15) is 0 Å². The van der Waals surface area contributed by atoms with Crippen LogP contribution >= 0.6 is 92.8 Å². The van der Waals surface area contributed by atoms with E-state index in [2.05, 4.69) is 0 Å². The maximum atomic E-state index is 6.12. The van der Waals surface area contributed by atoms with Gasteiger partial charge in [0, 0.05) is 21.2 Å². The minimum atomic E-state index is 0.0848. The van der Waals surface area contributed by atoms with Gasteiger partial charge < -0.3 is 4.74 Å². The highest BCUT2D eigenvalue weighted by molar-refractivity contribution is 6.50. The van der Waals surface area contributed by atoms with E-state index in [-0.39, 0.29) is 43.3 Å². The van der Waals surface area contributed by atoms with Crippen LogP contribution in [0, 0.1) is 0 Å². The maximum absolute atomic E-state index is 6.12. The largest absolute Gasteiger partial charge is 0.372 e. The Morgan fingerprint density at radius 3 is 1.22 bits per heavy atom. The van der Waals surface area contributed by atoms with Crippen LogP contribution in [0.3, 0.4) is 0 Å². The Labute approximate surface area is 173 Å². The highest BCUT2D eigenvalue weighted by Gasteiger charge is 2.16. The van der Waals surface area contributed by atoms with Crippen molar-refractivity contribution in [2.24, 2.45) is 0 Å². The minimum Gasteiger partial charge on any atom is -0.372 e. The second-order valence-corrected chi connectivity index (χ2v) is 7.53. The Bertz CT molecular complexity index is 696. The van der Waals surface area contributed by atoms with Crippen LogP contribution in [0.5, 0.6) is 0 Å². The van der Waals surface area contributed by atoms with Crippen LogP contribution in [0.2, 0.25) is 40.2 Å². The van der Waals surface area contributed by atoms with Gasteiger partial charge in [-0.1, -0.05) is 92.8 Å². The molecular weight excluding hydrogens is 468 g/mol. The number of halogens is 8. The Balaban J connectivity index is 2.19. The lowest BCUT2D eigenvalue weighted by atomic mass is 10.2. The third kappa shape index (κ3) is 4.47. The van der Waals surface area contributed by atoms with Gasteiger partial charge >= 0.3 is 0 Å². The summed E-state index contributed by atoms with van der Waals surface area (Å²) in [7, 11) is 0. The first-order valence-electron chi connectivity index (χ1n) is 5.95. The van der Waals surface area contributed by atoms with Crippen molar-refractivity contribution in [3.05, 3.63) is 63.4 Å². The lowest BCUT2D eigenvalue weighted by molar-refractivity contribution is 0.107. The Morgan fingerprint density at radius 1 is 0.522 bits per heavy atom. The van der Waals surface area contributed by atoms with Crippen molar-refractivity contribution in [2.45, 2.75) is 13.2 Å². The Hall–Kier alpha value is 0.720. The molecule has 0 saturated carbocycles. The molecule has 0 aliphatic carbocycles. The summed E-state index contributed by atoms with van der Waals surface area (Å²) in [6.07, 6.45) is 0. The average molecular weight is 474 g/mol. The fourth-order valence-corrected chi connectivity index (χ4v) is 3.81. The van der Waals surface area contributed by atoms with Gasteiger partial charge in [-0.3, -0.25) is 0 Å². The van der Waals surface area contributed by atoms with E-state index in [1.807, 2.05) is 0 Å². The summed E-state index contributed by atoms with van der Waals surface area (Å²) >= 11 is 48.2. The zero-order valence-electron chi connectivity index (χ0n) is 11.0. The van der Waals surface area contributed by atoms with Crippen molar-refractivity contribution in [3.8, 4) is 0 Å². The zero-order chi connectivity index (χ0) is 17.3. The molecule has 2 aromatic carbocycles. The molecule has 0 aliphatic rings. The van der Waals surface area contributed by atoms with Crippen LogP contribution in [0.25, 0.3) is 0 Å². The number of benzene rings is 2. The SMILES string of the molecule is Clc1cc(Cl)c(COCc2c(Cl)cc(Cl)c(Cl)c2Cl)c(Cl)c1Cl. The fourth-order valence-electron chi connectivity index (χ4n) is 1.73. The zero-order valence-corrected chi connectivity index (χ0v) is 17.0. The van der Waals surface area contributed by atoms with Gasteiger partial charge in [0.2, 0.25) is 0 Å². The summed E-state index contributed by atoms with van der Waals surface area (Å²) in [5.41, 5.74) is 1.02. The molecule has 0 N–H and O–H groups in total. The fraction of sp³-hybridized carbons (Fsp3) is 0.143. The number of hydrogen-bond donors (Lipinski definition) is 0. The van der Waals surface area contributed by atoms with Gasteiger partial charge in [-0.05, 0) is 12.1 Å². The van der Waals surface area contributed by atoms with Crippen LogP contribution in [0.4, 0.5) is 0 Å². The lowest BCUT2D eigenvalue weighted by Gasteiger charge is -2.13. The molecule has 23 heavy (non-hydrogen) atoms. The van der Waals surface area contributed by atoms with E-state index in [1.165, 1.54) is 12.1 Å². The van der Waals surface area contributed by atoms with Crippen molar-refractivity contribution >= 4 is 92.8 Å². The normalized spacial score (nSPS) is 11.1. The van der Waals surface area contributed by atoms with Gasteiger partial charge in [0.15, 0.2) is 0 Å². The average Bonchev–Trinajstić information content (AvgIpc) is 2.49. The third-order valence-corrected chi connectivity index (χ3v) is 6.19. The predicted molar refractivity (Wildman–Crippen MR) is 101 cm³/mol. The minimum absolute atomic E-state index is 0.0848. The van der Waals surface area contributed by atoms with Gasteiger partial charge in [-0.2, -0.15) is 0 Å². The van der Waals surface area contributed by atoms with Gasteiger partial charge in [0.25, 0.3) is 0 Å². The van der Waals surface area contributed by atoms with E-state index in [0.717, 1.165) is 0 Å². The van der Waals surface area contributed by atoms with Crippen LogP contribution in [0.15, 0.2) is 12.1 Å². The van der Waals surface area contributed by atoms with Gasteiger partial charge in [0.05, 0.1) is 43.3 Å². The molecule has 2 rings (SSSR count). The molecule has 0 aliphatic heterocycles. The quantitative estimate of drug-likeness (QED) is 0.319. The summed E-state index contributed by atoms with van der Waals surface area (Å²) in [6, 6.07) is 2.99. The summed E-state index contributed by atoms with van der Waals surface area (Å²) < 4.78 is 5.58. The van der Waals surface area contributed by atoms with Crippen molar-refractivity contribution in [1.29, 1.82) is 0 Å². The highest BCUT2D eigenvalue weighted by Crippen LogP contribution is 2.39. The van der Waals surface area contributed by atoms with Gasteiger partial charge in [-0.15, -0.1) is 0 Å². The summed E-state index contributed by atoms with van der Waals surface area (Å²) in [5.74, 6) is 0. The van der Waals surface area contributed by atoms with E-state index >= 15 is 0 Å². The number of ether oxygens (including phenoxy) is 1. The molecule has 0 atom stereocenters. The first-order valence-corrected chi connectivity index (χ1v) is 8.97. The molecule has 0 fully saturated rings. The maximum Gasteiger partial charge on any atom is 0.0783 e. The molecule has 0 aromatic heterocycles. The standard InChI is InChI=1S/C14H6Cl8O/c15-7-1-9(17)13(21)11(19)5(7)3-23-4-6-8(16)2-10(18)14(22)12(6)20/h1-2H,3-4H2. The van der Waals surface area contributed by atoms with Crippen LogP contribution in [0.1, 0.15) is 11.1 Å². The monoisotopic (exact) mass is 470 g/mol. The third-order valence-electron chi connectivity index (χ3n) is 2.91. The second-order valence-electron chi connectivity index (χ2n) is 4.39. The number of hydrogen-bond acceptors (Lipinski definition) is 1. The Kier molecular flexibility index (Phi) is 7.32. The van der Waals surface area contributed by atoms with E-state index in [9.17, 15) is 0 Å². The van der Waals surface area contributed by atoms with Crippen molar-refractivity contribution in [2.75, 3.05) is 0 Å². The molecule has 0 radical (unpaired) electrons. The molecule has 0 amide bonds. The lowest BCUT2D eigenvalue weighted by Crippen LogP contribution is -1.98. The summed E-state index contributed by atoms with van der Waals surface area (Å²) in [5, 5.41) is 2.10. The summed E-state index contributed by atoms with van der Waals surface area (Å²) in [4.78, 5) is 0. The topological polar surface area (TPSA) is 9.23 Å². The molecule has 2 aromatic rings. The molecule has 124 valence electrons. The van der Waals surface area contributed by atoms with E-state index in [1.54, 1.807) is 0 Å². The molecule has 9 heteroatoms. The smallest absolute Gasteiger partial charge is 0.0783 e. The highest BCUT2D eigenvalue weighted by atomic mass is 35.5. The molecule has 0 spiro atoms. The molecule has 0 heterocycles. The Morgan fingerprint density at radius 2 is 0.870 bits per heavy atom. The molecule has 0 saturated heterocycles. The van der Waals surface area contributed by atoms with E-state index in [0.29, 0.717) is 21.2 Å². The first kappa shape index (κ1) is 20.0. The predicted octanol–water partition coefficient (Wildman–Crippen LogP) is 8.63. The van der Waals surface area contributed by atoms with Gasteiger partial charge in [-0.25, -0.2) is 0 Å². The molecule has 0 bridgehead atoms. The first-order chi connectivity index (χ1) is 10.7. The van der Waals surface area contributed by atoms with Crippen LogP contribution in [-0.4, -0.2) is 0 Å². The van der Waals surface area contributed by atoms with E-state index in [4.69, 9.17) is 97.5 Å². The summed E-state index contributed by atoms with van der Waals surface area (Å²) in [6.45, 7) is 0.170. The van der Waals surface area contributed by atoms with Crippen molar-refractivity contribution in [3.63, 3.8) is 0 Å². The molecule has 1 nitrogen and oxygen atoms in total. The molecule has 0 unspecified atom stereocenters. The van der Waals surface area contributed by atoms with E-state index < -0.39 is 0 Å². The van der Waals surface area contributed by atoms with Crippen molar-refractivity contribution < 1.29 is 4.74 Å².